The lowest BCUT2D eigenvalue weighted by molar-refractivity contribution is -0.116. The third-order valence-corrected chi connectivity index (χ3v) is 4.87. The molecule has 3 rings (SSSR count). The second-order valence-electron chi connectivity index (χ2n) is 6.60. The van der Waals surface area contributed by atoms with E-state index in [4.69, 9.17) is 0 Å². The molecule has 0 bridgehead atoms. The number of hydrogen-bond donors (Lipinski definition) is 1. The van der Waals surface area contributed by atoms with Crippen molar-refractivity contribution in [2.45, 2.75) is 39.0 Å². The predicted octanol–water partition coefficient (Wildman–Crippen LogP) is 2.61. The van der Waals surface area contributed by atoms with E-state index < -0.39 is 0 Å². The molecule has 6 heteroatoms. The van der Waals surface area contributed by atoms with E-state index >= 15 is 0 Å². The maximum absolute atomic E-state index is 12.2. The van der Waals surface area contributed by atoms with Gasteiger partial charge < -0.3 is 10.2 Å². The van der Waals surface area contributed by atoms with Gasteiger partial charge >= 0.3 is 5.69 Å². The average molecular weight is 330 g/mol. The standard InChI is InChI=1S/C18H26N4O2/c1-4-5-8-17(23)19-13-11-15-16(21(3)18(24)20(15)2)12-14(13)22-9-6-7-10-22/h11-12H,4-10H2,1-3H3,(H,19,23). The summed E-state index contributed by atoms with van der Waals surface area (Å²) in [5, 5.41) is 3.07. The van der Waals surface area contributed by atoms with E-state index in [0.717, 1.165) is 61.2 Å². The summed E-state index contributed by atoms with van der Waals surface area (Å²) in [5.41, 5.74) is 3.52. The summed E-state index contributed by atoms with van der Waals surface area (Å²) in [6.45, 7) is 4.06. The lowest BCUT2D eigenvalue weighted by Gasteiger charge is -2.22. The molecular weight excluding hydrogens is 304 g/mol. The van der Waals surface area contributed by atoms with Crippen LogP contribution in [0.5, 0.6) is 0 Å². The Balaban J connectivity index is 2.06. The van der Waals surface area contributed by atoms with Gasteiger partial charge in [0.1, 0.15) is 0 Å². The molecule has 1 aliphatic heterocycles. The first-order valence-corrected chi connectivity index (χ1v) is 8.77. The molecule has 0 unspecified atom stereocenters. The van der Waals surface area contributed by atoms with E-state index in [0.29, 0.717) is 6.42 Å². The van der Waals surface area contributed by atoms with Crippen LogP contribution in [0.25, 0.3) is 11.0 Å². The minimum Gasteiger partial charge on any atom is -0.370 e. The van der Waals surface area contributed by atoms with E-state index in [9.17, 15) is 9.59 Å². The molecular formula is C18H26N4O2. The smallest absolute Gasteiger partial charge is 0.328 e. The van der Waals surface area contributed by atoms with Crippen LogP contribution in [0.2, 0.25) is 0 Å². The molecule has 0 saturated carbocycles. The maximum atomic E-state index is 12.2. The molecule has 1 amide bonds. The quantitative estimate of drug-likeness (QED) is 0.917. The number of nitrogens with zero attached hydrogens (tertiary/aromatic N) is 3. The van der Waals surface area contributed by atoms with Gasteiger partial charge in [0.2, 0.25) is 5.91 Å². The molecule has 0 spiro atoms. The van der Waals surface area contributed by atoms with E-state index in [-0.39, 0.29) is 11.6 Å². The minimum absolute atomic E-state index is 0.0394. The number of unbranched alkanes of at least 4 members (excludes halogenated alkanes) is 1. The third-order valence-electron chi connectivity index (χ3n) is 4.87. The van der Waals surface area contributed by atoms with Crippen molar-refractivity contribution in [3.63, 3.8) is 0 Å². The van der Waals surface area contributed by atoms with Crippen molar-refractivity contribution in [1.82, 2.24) is 9.13 Å². The third kappa shape index (κ3) is 2.92. The van der Waals surface area contributed by atoms with Gasteiger partial charge in [-0.15, -0.1) is 0 Å². The number of amides is 1. The van der Waals surface area contributed by atoms with E-state index in [2.05, 4.69) is 17.1 Å². The maximum Gasteiger partial charge on any atom is 0.328 e. The van der Waals surface area contributed by atoms with Gasteiger partial charge in [-0.25, -0.2) is 4.79 Å². The molecule has 1 N–H and O–H groups in total. The van der Waals surface area contributed by atoms with Crippen molar-refractivity contribution in [3.05, 3.63) is 22.6 Å². The minimum atomic E-state index is -0.0492. The van der Waals surface area contributed by atoms with Crippen LogP contribution in [0.15, 0.2) is 16.9 Å². The van der Waals surface area contributed by atoms with Crippen molar-refractivity contribution >= 4 is 28.3 Å². The second-order valence-corrected chi connectivity index (χ2v) is 6.60. The van der Waals surface area contributed by atoms with Crippen LogP contribution in [0.1, 0.15) is 39.0 Å². The Morgan fingerprint density at radius 1 is 1.12 bits per heavy atom. The molecule has 0 atom stereocenters. The molecule has 130 valence electrons. The number of fused-ring (bicyclic) bond motifs is 1. The molecule has 0 aliphatic carbocycles. The van der Waals surface area contributed by atoms with Crippen molar-refractivity contribution in [1.29, 1.82) is 0 Å². The summed E-state index contributed by atoms with van der Waals surface area (Å²) >= 11 is 0. The van der Waals surface area contributed by atoms with Gasteiger partial charge in [-0.1, -0.05) is 13.3 Å². The largest absolute Gasteiger partial charge is 0.370 e. The molecule has 6 nitrogen and oxygen atoms in total. The molecule has 2 aromatic rings. The first kappa shape index (κ1) is 16.6. The number of benzene rings is 1. The monoisotopic (exact) mass is 330 g/mol. The zero-order valence-corrected chi connectivity index (χ0v) is 14.8. The van der Waals surface area contributed by atoms with Crippen LogP contribution in [-0.2, 0) is 18.9 Å². The summed E-state index contributed by atoms with van der Waals surface area (Å²) in [4.78, 5) is 26.7. The molecule has 24 heavy (non-hydrogen) atoms. The van der Waals surface area contributed by atoms with Gasteiger partial charge in [-0.2, -0.15) is 0 Å². The highest BCUT2D eigenvalue weighted by Gasteiger charge is 2.20. The Morgan fingerprint density at radius 2 is 1.75 bits per heavy atom. The van der Waals surface area contributed by atoms with E-state index in [1.165, 1.54) is 0 Å². The Morgan fingerprint density at radius 3 is 2.38 bits per heavy atom. The van der Waals surface area contributed by atoms with Gasteiger partial charge in [-0.05, 0) is 31.4 Å². The molecule has 0 radical (unpaired) electrons. The topological polar surface area (TPSA) is 59.3 Å². The Bertz CT molecular complexity index is 813. The van der Waals surface area contributed by atoms with Crippen LogP contribution in [0, 0.1) is 0 Å². The Hall–Kier alpha value is -2.24. The van der Waals surface area contributed by atoms with Crippen LogP contribution in [0.3, 0.4) is 0 Å². The normalized spacial score (nSPS) is 14.5. The number of anilines is 2. The molecule has 2 heterocycles. The van der Waals surface area contributed by atoms with Gasteiger partial charge in [-0.3, -0.25) is 13.9 Å². The summed E-state index contributed by atoms with van der Waals surface area (Å²) < 4.78 is 3.29. The fraction of sp³-hybridized carbons (Fsp3) is 0.556. The number of rotatable bonds is 5. The number of aromatic nitrogens is 2. The zero-order valence-electron chi connectivity index (χ0n) is 14.8. The molecule has 1 saturated heterocycles. The summed E-state index contributed by atoms with van der Waals surface area (Å²) in [7, 11) is 3.56. The lowest BCUT2D eigenvalue weighted by atomic mass is 10.2. The van der Waals surface area contributed by atoms with Crippen LogP contribution in [-0.4, -0.2) is 28.1 Å². The number of aryl methyl sites for hydroxylation is 2. The highest BCUT2D eigenvalue weighted by Crippen LogP contribution is 2.33. The summed E-state index contributed by atoms with van der Waals surface area (Å²) in [6, 6.07) is 3.98. The molecule has 1 aromatic heterocycles. The van der Waals surface area contributed by atoms with Crippen molar-refractivity contribution in [3.8, 4) is 0 Å². The highest BCUT2D eigenvalue weighted by atomic mass is 16.2. The van der Waals surface area contributed by atoms with Crippen molar-refractivity contribution < 1.29 is 4.79 Å². The molecule has 1 aromatic carbocycles. The molecule has 1 aliphatic rings. The fourth-order valence-corrected chi connectivity index (χ4v) is 3.40. The van der Waals surface area contributed by atoms with Gasteiger partial charge in [0.05, 0.1) is 22.4 Å². The van der Waals surface area contributed by atoms with Gasteiger partial charge in [0.25, 0.3) is 0 Å². The van der Waals surface area contributed by atoms with Crippen LogP contribution >= 0.6 is 0 Å². The first-order valence-electron chi connectivity index (χ1n) is 8.77. The van der Waals surface area contributed by atoms with Crippen molar-refractivity contribution in [2.24, 2.45) is 14.1 Å². The van der Waals surface area contributed by atoms with Crippen LogP contribution in [0.4, 0.5) is 11.4 Å². The van der Waals surface area contributed by atoms with E-state index in [1.54, 1.807) is 23.2 Å². The van der Waals surface area contributed by atoms with Crippen LogP contribution < -0.4 is 15.9 Å². The predicted molar refractivity (Wildman–Crippen MR) is 97.8 cm³/mol. The zero-order chi connectivity index (χ0) is 17.3. The van der Waals surface area contributed by atoms with E-state index in [1.807, 2.05) is 12.1 Å². The Labute approximate surface area is 142 Å². The SMILES string of the molecule is CCCCC(=O)Nc1cc2c(cc1N1CCCC1)n(C)c(=O)n2C. The van der Waals surface area contributed by atoms with Crippen molar-refractivity contribution in [2.75, 3.05) is 23.3 Å². The number of imidazole rings is 1. The average Bonchev–Trinajstić information content (AvgIpc) is 3.17. The summed E-state index contributed by atoms with van der Waals surface area (Å²) in [5.74, 6) is 0.0394. The lowest BCUT2D eigenvalue weighted by Crippen LogP contribution is -2.21. The Kier molecular flexibility index (Phi) is 4.64. The number of carbonyl (C=O) groups excluding carboxylic acids is 1. The number of carbonyl (C=O) groups is 1. The second kappa shape index (κ2) is 6.71. The number of hydrogen-bond acceptors (Lipinski definition) is 3. The van der Waals surface area contributed by atoms with Gasteiger partial charge in [0.15, 0.2) is 0 Å². The first-order chi connectivity index (χ1) is 11.5. The summed E-state index contributed by atoms with van der Waals surface area (Å²) in [6.07, 6.45) is 4.74. The van der Waals surface area contributed by atoms with Gasteiger partial charge in [0, 0.05) is 33.6 Å². The fourth-order valence-electron chi connectivity index (χ4n) is 3.40. The highest BCUT2D eigenvalue weighted by molar-refractivity contribution is 5.98. The molecule has 1 fully saturated rings. The number of nitrogens with one attached hydrogen (secondary N) is 1.